The highest BCUT2D eigenvalue weighted by molar-refractivity contribution is 9.10. The van der Waals surface area contributed by atoms with Crippen LogP contribution in [0.5, 0.6) is 0 Å². The van der Waals surface area contributed by atoms with Crippen molar-refractivity contribution in [3.05, 3.63) is 47.0 Å². The molecule has 1 aliphatic heterocycles. The number of hydrogen-bond donors (Lipinski definition) is 1. The Kier molecular flexibility index (Phi) is 2.98. The van der Waals surface area contributed by atoms with Gasteiger partial charge < -0.3 is 9.67 Å². The van der Waals surface area contributed by atoms with Crippen LogP contribution >= 0.6 is 27.7 Å². The molecule has 1 aliphatic rings. The van der Waals surface area contributed by atoms with Gasteiger partial charge in [0, 0.05) is 28.3 Å². The van der Waals surface area contributed by atoms with Crippen molar-refractivity contribution in [1.29, 1.82) is 0 Å². The maximum Gasteiger partial charge on any atom is 0.0946 e. The topological polar surface area (TPSA) is 38.0 Å². The SMILES string of the molecule is O[C@@H]1c2cc(Br)ccc2S[C@@H]1Cn1ccnc1. The normalized spacial score (nSPS) is 22.7. The summed E-state index contributed by atoms with van der Waals surface area (Å²) in [6, 6.07) is 6.07. The minimum absolute atomic E-state index is 0.161. The van der Waals surface area contributed by atoms with Gasteiger partial charge in [-0.25, -0.2) is 4.98 Å². The molecule has 0 saturated heterocycles. The summed E-state index contributed by atoms with van der Waals surface area (Å²) in [6.07, 6.45) is 5.06. The van der Waals surface area contributed by atoms with Gasteiger partial charge in [0.05, 0.1) is 17.7 Å². The summed E-state index contributed by atoms with van der Waals surface area (Å²) in [7, 11) is 0. The van der Waals surface area contributed by atoms with Gasteiger partial charge in [0.1, 0.15) is 0 Å². The van der Waals surface area contributed by atoms with Crippen molar-refractivity contribution in [3.8, 4) is 0 Å². The van der Waals surface area contributed by atoms with Crippen LogP contribution in [0.25, 0.3) is 0 Å². The highest BCUT2D eigenvalue weighted by Gasteiger charge is 2.31. The second-order valence-electron chi connectivity index (χ2n) is 4.04. The van der Waals surface area contributed by atoms with Gasteiger partial charge in [-0.05, 0) is 23.8 Å². The third kappa shape index (κ3) is 2.14. The Morgan fingerprint density at radius 2 is 2.35 bits per heavy atom. The largest absolute Gasteiger partial charge is 0.387 e. The van der Waals surface area contributed by atoms with Gasteiger partial charge in [0.25, 0.3) is 0 Å². The van der Waals surface area contributed by atoms with E-state index in [1.807, 2.05) is 22.9 Å². The van der Waals surface area contributed by atoms with Crippen molar-refractivity contribution in [2.75, 3.05) is 0 Å². The van der Waals surface area contributed by atoms with Crippen molar-refractivity contribution < 1.29 is 5.11 Å². The van der Waals surface area contributed by atoms with Crippen LogP contribution in [0.3, 0.4) is 0 Å². The summed E-state index contributed by atoms with van der Waals surface area (Å²) in [6.45, 7) is 0.776. The van der Waals surface area contributed by atoms with Gasteiger partial charge in [-0.2, -0.15) is 0 Å². The molecule has 2 heterocycles. The zero-order valence-corrected chi connectivity index (χ0v) is 11.4. The number of hydrogen-bond acceptors (Lipinski definition) is 3. The maximum atomic E-state index is 10.3. The molecule has 88 valence electrons. The first-order valence-electron chi connectivity index (χ1n) is 5.34. The first-order valence-corrected chi connectivity index (χ1v) is 7.01. The van der Waals surface area contributed by atoms with Gasteiger partial charge in [-0.15, -0.1) is 11.8 Å². The molecule has 0 saturated carbocycles. The van der Waals surface area contributed by atoms with Crippen molar-refractivity contribution in [2.45, 2.75) is 22.8 Å². The van der Waals surface area contributed by atoms with E-state index >= 15 is 0 Å². The lowest BCUT2D eigenvalue weighted by atomic mass is 10.1. The number of rotatable bonds is 2. The van der Waals surface area contributed by atoms with E-state index in [1.165, 1.54) is 4.90 Å². The number of aromatic nitrogens is 2. The fourth-order valence-corrected chi connectivity index (χ4v) is 3.71. The Morgan fingerprint density at radius 3 is 3.12 bits per heavy atom. The number of fused-ring (bicyclic) bond motifs is 1. The highest BCUT2D eigenvalue weighted by atomic mass is 79.9. The van der Waals surface area contributed by atoms with Crippen LogP contribution in [-0.4, -0.2) is 19.9 Å². The van der Waals surface area contributed by atoms with Crippen molar-refractivity contribution in [2.24, 2.45) is 0 Å². The minimum Gasteiger partial charge on any atom is -0.387 e. The molecule has 0 fully saturated rings. The standard InChI is InChI=1S/C12H11BrN2OS/c13-8-1-2-10-9(5-8)12(16)11(17-10)6-15-4-3-14-7-15/h1-5,7,11-12,16H,6H2/t11-,12-/m1/s1. The quantitative estimate of drug-likeness (QED) is 0.927. The van der Waals surface area contributed by atoms with Crippen LogP contribution in [0, 0.1) is 0 Å². The molecule has 1 aromatic carbocycles. The first kappa shape index (κ1) is 11.3. The molecule has 1 aromatic heterocycles. The number of halogens is 1. The second kappa shape index (κ2) is 4.48. The number of thioether (sulfide) groups is 1. The van der Waals surface area contributed by atoms with Crippen molar-refractivity contribution in [1.82, 2.24) is 9.55 Å². The second-order valence-corrected chi connectivity index (χ2v) is 6.24. The summed E-state index contributed by atoms with van der Waals surface area (Å²) in [5.74, 6) is 0. The third-order valence-electron chi connectivity index (χ3n) is 2.87. The predicted molar refractivity (Wildman–Crippen MR) is 71.0 cm³/mol. The van der Waals surface area contributed by atoms with Crippen molar-refractivity contribution in [3.63, 3.8) is 0 Å². The average molecular weight is 311 g/mol. The summed E-state index contributed by atoms with van der Waals surface area (Å²) in [4.78, 5) is 5.19. The molecule has 3 nitrogen and oxygen atoms in total. The lowest BCUT2D eigenvalue weighted by Gasteiger charge is -2.14. The lowest BCUT2D eigenvalue weighted by molar-refractivity contribution is 0.170. The fraction of sp³-hybridized carbons (Fsp3) is 0.250. The van der Waals surface area contributed by atoms with E-state index in [2.05, 4.69) is 27.0 Å². The highest BCUT2D eigenvalue weighted by Crippen LogP contribution is 2.45. The van der Waals surface area contributed by atoms with Crippen LogP contribution in [0.1, 0.15) is 11.7 Å². The molecule has 0 spiro atoms. The van der Waals surface area contributed by atoms with Crippen LogP contribution in [0.2, 0.25) is 0 Å². The lowest BCUT2D eigenvalue weighted by Crippen LogP contribution is -2.16. The van der Waals surface area contributed by atoms with E-state index < -0.39 is 6.10 Å². The van der Waals surface area contributed by atoms with E-state index in [-0.39, 0.29) is 5.25 Å². The number of imidazole rings is 1. The van der Waals surface area contributed by atoms with E-state index in [4.69, 9.17) is 0 Å². The predicted octanol–water partition coefficient (Wildman–Crippen LogP) is 2.85. The van der Waals surface area contributed by atoms with E-state index in [9.17, 15) is 5.11 Å². The molecule has 0 unspecified atom stereocenters. The number of benzene rings is 1. The summed E-state index contributed by atoms with van der Waals surface area (Å²) in [5.41, 5.74) is 1.02. The smallest absolute Gasteiger partial charge is 0.0946 e. The van der Waals surface area contributed by atoms with Crippen LogP contribution in [0.15, 0.2) is 46.3 Å². The van der Waals surface area contributed by atoms with Gasteiger partial charge in [0.2, 0.25) is 0 Å². The summed E-state index contributed by atoms with van der Waals surface area (Å²) < 4.78 is 3.01. The third-order valence-corrected chi connectivity index (χ3v) is 4.70. The number of aliphatic hydroxyl groups excluding tert-OH is 1. The Balaban J connectivity index is 1.84. The minimum atomic E-state index is -0.408. The molecule has 5 heteroatoms. The number of nitrogens with zero attached hydrogens (tertiary/aromatic N) is 2. The Hall–Kier alpha value is -0.780. The van der Waals surface area contributed by atoms with E-state index in [0.717, 1.165) is 16.6 Å². The zero-order chi connectivity index (χ0) is 11.8. The van der Waals surface area contributed by atoms with Gasteiger partial charge >= 0.3 is 0 Å². The first-order chi connectivity index (χ1) is 8.24. The molecular formula is C12H11BrN2OS. The molecule has 0 bridgehead atoms. The Bertz CT molecular complexity index is 529. The molecule has 2 aromatic rings. The monoisotopic (exact) mass is 310 g/mol. The molecular weight excluding hydrogens is 300 g/mol. The summed E-state index contributed by atoms with van der Waals surface area (Å²) in [5, 5.41) is 10.4. The van der Waals surface area contributed by atoms with Gasteiger partial charge in [-0.1, -0.05) is 15.9 Å². The van der Waals surface area contributed by atoms with E-state index in [0.29, 0.717) is 0 Å². The van der Waals surface area contributed by atoms with Crippen molar-refractivity contribution >= 4 is 27.7 Å². The molecule has 0 aliphatic carbocycles. The summed E-state index contributed by atoms with van der Waals surface area (Å²) >= 11 is 5.17. The fourth-order valence-electron chi connectivity index (χ4n) is 2.03. The molecule has 3 rings (SSSR count). The van der Waals surface area contributed by atoms with E-state index in [1.54, 1.807) is 24.3 Å². The van der Waals surface area contributed by atoms with Crippen LogP contribution in [-0.2, 0) is 6.54 Å². The Labute approximate surface area is 112 Å². The Morgan fingerprint density at radius 1 is 1.47 bits per heavy atom. The molecule has 17 heavy (non-hydrogen) atoms. The number of aliphatic hydroxyl groups is 1. The van der Waals surface area contributed by atoms with Gasteiger partial charge in [-0.3, -0.25) is 0 Å². The maximum absolute atomic E-state index is 10.3. The van der Waals surface area contributed by atoms with Crippen LogP contribution in [0.4, 0.5) is 0 Å². The average Bonchev–Trinajstić information content (AvgIpc) is 2.91. The molecule has 0 radical (unpaired) electrons. The molecule has 2 atom stereocenters. The molecule has 1 N–H and O–H groups in total. The zero-order valence-electron chi connectivity index (χ0n) is 8.95. The van der Waals surface area contributed by atoms with Gasteiger partial charge in [0.15, 0.2) is 0 Å². The molecule has 0 amide bonds. The van der Waals surface area contributed by atoms with Crippen LogP contribution < -0.4 is 0 Å².